The summed E-state index contributed by atoms with van der Waals surface area (Å²) in [7, 11) is 0. The molecule has 2 heteroatoms. The third kappa shape index (κ3) is 1.95. The van der Waals surface area contributed by atoms with E-state index in [1.165, 1.54) is 0 Å². The minimum absolute atomic E-state index is 0.718. The maximum atomic E-state index is 5.81. The summed E-state index contributed by atoms with van der Waals surface area (Å²) in [5.41, 5.74) is 1.86. The maximum absolute atomic E-state index is 5.81. The zero-order valence-corrected chi connectivity index (χ0v) is 7.67. The molecule has 0 unspecified atom stereocenters. The lowest BCUT2D eigenvalue weighted by molar-refractivity contribution is 1.52. The Labute approximate surface area is 77.4 Å². The van der Waals surface area contributed by atoms with Gasteiger partial charge in [0.15, 0.2) is 0 Å². The van der Waals surface area contributed by atoms with Gasteiger partial charge >= 0.3 is 0 Å². The van der Waals surface area contributed by atoms with Crippen molar-refractivity contribution in [3.8, 4) is 0 Å². The van der Waals surface area contributed by atoms with E-state index in [9.17, 15) is 0 Å². The van der Waals surface area contributed by atoms with E-state index in [-0.39, 0.29) is 0 Å². The highest BCUT2D eigenvalue weighted by molar-refractivity contribution is 6.30. The average molecular weight is 180 g/mol. The number of rotatable bonds is 2. The van der Waals surface area contributed by atoms with E-state index in [0.29, 0.717) is 0 Å². The Balaban J connectivity index is 3.20. The van der Waals surface area contributed by atoms with Gasteiger partial charge in [-0.25, -0.2) is 0 Å². The molecule has 1 aromatic rings. The lowest BCUT2D eigenvalue weighted by Crippen LogP contribution is -1.73. The normalized spacial score (nSPS) is 10.5. The number of nitrogens with zero attached hydrogens (tertiary/aromatic N) is 1. The molecule has 0 aliphatic carbocycles. The van der Waals surface area contributed by atoms with Gasteiger partial charge in [0.25, 0.3) is 0 Å². The highest BCUT2D eigenvalue weighted by Gasteiger charge is 1.96. The van der Waals surface area contributed by atoms with Crippen molar-refractivity contribution in [2.24, 2.45) is 4.99 Å². The Morgan fingerprint density at radius 2 is 2.25 bits per heavy atom. The van der Waals surface area contributed by atoms with Gasteiger partial charge in [0.1, 0.15) is 0 Å². The van der Waals surface area contributed by atoms with Gasteiger partial charge in [0.2, 0.25) is 0 Å². The van der Waals surface area contributed by atoms with Crippen molar-refractivity contribution in [2.75, 3.05) is 0 Å². The molecule has 0 saturated carbocycles. The molecule has 12 heavy (non-hydrogen) atoms. The number of hydrogen-bond donors (Lipinski definition) is 0. The number of halogens is 1. The molecular weight excluding hydrogens is 170 g/mol. The minimum Gasteiger partial charge on any atom is -0.264 e. The van der Waals surface area contributed by atoms with Crippen LogP contribution in [0.15, 0.2) is 29.3 Å². The molecule has 0 saturated heterocycles. The fourth-order valence-corrected chi connectivity index (χ4v) is 1.16. The first kappa shape index (κ1) is 9.01. The van der Waals surface area contributed by atoms with Crippen LogP contribution in [-0.4, -0.2) is 6.72 Å². The number of aliphatic imine (C=N–C) groups is 1. The highest BCUT2D eigenvalue weighted by atomic mass is 35.5. The van der Waals surface area contributed by atoms with Crippen LogP contribution in [0, 0.1) is 0 Å². The Morgan fingerprint density at radius 1 is 1.50 bits per heavy atom. The predicted octanol–water partition coefficient (Wildman–Crippen LogP) is 3.71. The summed E-state index contributed by atoms with van der Waals surface area (Å²) in [5.74, 6) is 0. The van der Waals surface area contributed by atoms with Gasteiger partial charge in [-0.2, -0.15) is 0 Å². The third-order valence-corrected chi connectivity index (χ3v) is 1.74. The molecule has 0 bridgehead atoms. The molecule has 0 spiro atoms. The van der Waals surface area contributed by atoms with Crippen LogP contribution in [0.25, 0.3) is 6.08 Å². The minimum atomic E-state index is 0.718. The second-order valence-corrected chi connectivity index (χ2v) is 2.80. The second kappa shape index (κ2) is 4.07. The molecule has 1 rings (SSSR count). The van der Waals surface area contributed by atoms with E-state index in [4.69, 9.17) is 11.6 Å². The van der Waals surface area contributed by atoms with Gasteiger partial charge in [0.05, 0.1) is 5.69 Å². The molecule has 0 aromatic heterocycles. The van der Waals surface area contributed by atoms with Crippen LogP contribution in [0.5, 0.6) is 0 Å². The third-order valence-electron chi connectivity index (χ3n) is 1.51. The summed E-state index contributed by atoms with van der Waals surface area (Å²) in [4.78, 5) is 3.87. The monoisotopic (exact) mass is 179 g/mol. The first-order chi connectivity index (χ1) is 5.77. The van der Waals surface area contributed by atoms with Gasteiger partial charge in [-0.1, -0.05) is 23.8 Å². The van der Waals surface area contributed by atoms with Crippen LogP contribution >= 0.6 is 11.6 Å². The number of hydrogen-bond acceptors (Lipinski definition) is 1. The van der Waals surface area contributed by atoms with Crippen LogP contribution in [0.3, 0.4) is 0 Å². The molecule has 0 aliphatic heterocycles. The zero-order chi connectivity index (χ0) is 8.97. The summed E-state index contributed by atoms with van der Waals surface area (Å²) in [5, 5.41) is 0.718. The van der Waals surface area contributed by atoms with E-state index >= 15 is 0 Å². The fourth-order valence-electron chi connectivity index (χ4n) is 0.982. The topological polar surface area (TPSA) is 12.4 Å². The standard InChI is InChI=1S/C10H10ClN/c1-3-4-8-7-9(11)5-6-10(8)12-2/h3-7H,2H2,1H3/b4-3-. The summed E-state index contributed by atoms with van der Waals surface area (Å²) in [6.45, 7) is 5.43. The summed E-state index contributed by atoms with van der Waals surface area (Å²) < 4.78 is 0. The Kier molecular flexibility index (Phi) is 3.06. The molecule has 1 nitrogen and oxygen atoms in total. The Bertz CT molecular complexity index is 316. The molecule has 0 aliphatic rings. The van der Waals surface area contributed by atoms with Gasteiger partial charge in [-0.3, -0.25) is 4.99 Å². The smallest absolute Gasteiger partial charge is 0.0695 e. The van der Waals surface area contributed by atoms with Crippen LogP contribution in [0.2, 0.25) is 5.02 Å². The van der Waals surface area contributed by atoms with Gasteiger partial charge in [-0.05, 0) is 31.8 Å². The van der Waals surface area contributed by atoms with Gasteiger partial charge < -0.3 is 0 Å². The summed E-state index contributed by atoms with van der Waals surface area (Å²) in [6, 6.07) is 5.52. The summed E-state index contributed by atoms with van der Waals surface area (Å²) in [6.07, 6.45) is 3.90. The quantitative estimate of drug-likeness (QED) is 0.614. The molecule has 0 N–H and O–H groups in total. The molecule has 0 fully saturated rings. The van der Waals surface area contributed by atoms with Crippen molar-refractivity contribution in [1.29, 1.82) is 0 Å². The van der Waals surface area contributed by atoms with E-state index < -0.39 is 0 Å². The Hall–Kier alpha value is -1.08. The average Bonchev–Trinajstić information content (AvgIpc) is 2.05. The van der Waals surface area contributed by atoms with Crippen LogP contribution in [-0.2, 0) is 0 Å². The first-order valence-electron chi connectivity index (χ1n) is 3.67. The molecule has 0 amide bonds. The van der Waals surface area contributed by atoms with Crippen LogP contribution in [0.4, 0.5) is 5.69 Å². The van der Waals surface area contributed by atoms with E-state index in [1.54, 1.807) is 6.07 Å². The Morgan fingerprint density at radius 3 is 2.83 bits per heavy atom. The zero-order valence-electron chi connectivity index (χ0n) is 6.92. The number of allylic oxidation sites excluding steroid dienone is 1. The molecule has 1 aromatic carbocycles. The van der Waals surface area contributed by atoms with Crippen molar-refractivity contribution >= 4 is 30.1 Å². The highest BCUT2D eigenvalue weighted by Crippen LogP contribution is 2.23. The number of benzene rings is 1. The lowest BCUT2D eigenvalue weighted by Gasteiger charge is -1.99. The summed E-state index contributed by atoms with van der Waals surface area (Å²) >= 11 is 5.81. The van der Waals surface area contributed by atoms with Gasteiger partial charge in [-0.15, -0.1) is 0 Å². The van der Waals surface area contributed by atoms with Gasteiger partial charge in [0, 0.05) is 10.6 Å². The second-order valence-electron chi connectivity index (χ2n) is 2.36. The van der Waals surface area contributed by atoms with Crippen molar-refractivity contribution < 1.29 is 0 Å². The van der Waals surface area contributed by atoms with E-state index in [2.05, 4.69) is 11.7 Å². The molecule has 0 radical (unpaired) electrons. The molecule has 0 atom stereocenters. The van der Waals surface area contributed by atoms with Crippen molar-refractivity contribution in [3.63, 3.8) is 0 Å². The largest absolute Gasteiger partial charge is 0.264 e. The van der Waals surface area contributed by atoms with Crippen molar-refractivity contribution in [2.45, 2.75) is 6.92 Å². The van der Waals surface area contributed by atoms with Crippen LogP contribution in [0.1, 0.15) is 12.5 Å². The lowest BCUT2D eigenvalue weighted by atomic mass is 10.1. The molecule has 0 heterocycles. The first-order valence-corrected chi connectivity index (χ1v) is 4.04. The van der Waals surface area contributed by atoms with E-state index in [1.807, 2.05) is 31.2 Å². The maximum Gasteiger partial charge on any atom is 0.0695 e. The van der Waals surface area contributed by atoms with Crippen molar-refractivity contribution in [3.05, 3.63) is 34.9 Å². The SMILES string of the molecule is C=Nc1ccc(Cl)cc1/C=C\C. The van der Waals surface area contributed by atoms with Crippen LogP contribution < -0.4 is 0 Å². The fraction of sp³-hybridized carbons (Fsp3) is 0.100. The predicted molar refractivity (Wildman–Crippen MR) is 55.4 cm³/mol. The molecular formula is C10H10ClN. The van der Waals surface area contributed by atoms with Crippen molar-refractivity contribution in [1.82, 2.24) is 0 Å². The van der Waals surface area contributed by atoms with E-state index in [0.717, 1.165) is 16.3 Å². The molecule has 62 valence electrons.